The fourth-order valence-electron chi connectivity index (χ4n) is 3.55. The standard InChI is InChI=1S/C21H24FN5O/c1-14(12-26-13-19(24-25-26)16-4-5-16)3-6-21(28)27-20(7-8-23-27)17-9-15(2)10-18(22)11-17/h8-11,13,16,20H,1,3-7,12H2,2H3. The van der Waals surface area contributed by atoms with E-state index in [1.807, 2.05) is 19.2 Å². The second-order valence-electron chi connectivity index (χ2n) is 7.72. The van der Waals surface area contributed by atoms with Gasteiger partial charge in [0, 0.05) is 31.2 Å². The number of carbonyl (C=O) groups is 1. The average Bonchev–Trinajstić information content (AvgIpc) is 3.19. The maximum atomic E-state index is 13.8. The Balaban J connectivity index is 1.33. The number of amides is 1. The summed E-state index contributed by atoms with van der Waals surface area (Å²) in [4.78, 5) is 12.7. The molecular weight excluding hydrogens is 357 g/mol. The van der Waals surface area contributed by atoms with Crippen LogP contribution in [0.5, 0.6) is 0 Å². The van der Waals surface area contributed by atoms with Gasteiger partial charge in [-0.05, 0) is 49.4 Å². The van der Waals surface area contributed by atoms with Gasteiger partial charge in [0.25, 0.3) is 0 Å². The molecule has 0 radical (unpaired) electrons. The fraction of sp³-hybridized carbons (Fsp3) is 0.429. The Kier molecular flexibility index (Phi) is 5.07. The van der Waals surface area contributed by atoms with E-state index in [1.54, 1.807) is 10.9 Å². The van der Waals surface area contributed by atoms with Crippen LogP contribution in [-0.2, 0) is 11.3 Å². The van der Waals surface area contributed by atoms with Crippen LogP contribution in [0.15, 0.2) is 41.6 Å². The third-order valence-corrected chi connectivity index (χ3v) is 5.16. The van der Waals surface area contributed by atoms with Crippen molar-refractivity contribution in [3.63, 3.8) is 0 Å². The molecule has 7 heteroatoms. The molecular formula is C21H24FN5O. The van der Waals surface area contributed by atoms with Crippen molar-refractivity contribution >= 4 is 12.1 Å². The summed E-state index contributed by atoms with van der Waals surface area (Å²) in [5.41, 5.74) is 3.57. The molecule has 1 amide bonds. The quantitative estimate of drug-likeness (QED) is 0.684. The van der Waals surface area contributed by atoms with E-state index in [2.05, 4.69) is 22.0 Å². The Labute approximate surface area is 163 Å². The molecule has 2 aliphatic rings. The van der Waals surface area contributed by atoms with Crippen LogP contribution in [0.1, 0.15) is 60.9 Å². The fourth-order valence-corrected chi connectivity index (χ4v) is 3.55. The molecule has 0 saturated heterocycles. The first-order chi connectivity index (χ1) is 13.5. The van der Waals surface area contributed by atoms with Gasteiger partial charge < -0.3 is 0 Å². The molecule has 146 valence electrons. The number of hydrogen-bond donors (Lipinski definition) is 0. The van der Waals surface area contributed by atoms with Gasteiger partial charge >= 0.3 is 0 Å². The lowest BCUT2D eigenvalue weighted by molar-refractivity contribution is -0.133. The summed E-state index contributed by atoms with van der Waals surface area (Å²) in [5, 5.41) is 14.0. The van der Waals surface area contributed by atoms with E-state index in [-0.39, 0.29) is 17.8 Å². The molecule has 1 atom stereocenters. The molecule has 1 aromatic carbocycles. The van der Waals surface area contributed by atoms with Crippen LogP contribution in [0.4, 0.5) is 4.39 Å². The monoisotopic (exact) mass is 381 g/mol. The van der Waals surface area contributed by atoms with E-state index in [0.29, 0.717) is 31.7 Å². The van der Waals surface area contributed by atoms with Crippen LogP contribution in [-0.4, -0.2) is 32.1 Å². The van der Waals surface area contributed by atoms with Gasteiger partial charge in [-0.15, -0.1) is 5.10 Å². The first-order valence-corrected chi connectivity index (χ1v) is 9.68. The van der Waals surface area contributed by atoms with Gasteiger partial charge in [0.15, 0.2) is 0 Å². The van der Waals surface area contributed by atoms with Crippen molar-refractivity contribution in [3.05, 3.63) is 59.2 Å². The third-order valence-electron chi connectivity index (χ3n) is 5.16. The summed E-state index contributed by atoms with van der Waals surface area (Å²) < 4.78 is 15.5. The number of nitrogens with zero attached hydrogens (tertiary/aromatic N) is 5. The topological polar surface area (TPSA) is 63.4 Å². The van der Waals surface area contributed by atoms with Crippen LogP contribution >= 0.6 is 0 Å². The number of benzene rings is 1. The summed E-state index contributed by atoms with van der Waals surface area (Å²) in [6.45, 7) is 6.47. The van der Waals surface area contributed by atoms with E-state index in [9.17, 15) is 9.18 Å². The molecule has 1 fully saturated rings. The second-order valence-corrected chi connectivity index (χ2v) is 7.72. The molecule has 4 rings (SSSR count). The maximum absolute atomic E-state index is 13.8. The van der Waals surface area contributed by atoms with Crippen molar-refractivity contribution in [3.8, 4) is 0 Å². The van der Waals surface area contributed by atoms with Crippen LogP contribution < -0.4 is 0 Å². The Morgan fingerprint density at radius 2 is 2.11 bits per heavy atom. The Morgan fingerprint density at radius 3 is 2.86 bits per heavy atom. The lowest BCUT2D eigenvalue weighted by Gasteiger charge is -2.23. The molecule has 1 aliphatic carbocycles. The van der Waals surface area contributed by atoms with Crippen molar-refractivity contribution in [2.75, 3.05) is 0 Å². The number of aromatic nitrogens is 3. The van der Waals surface area contributed by atoms with Gasteiger partial charge in [0.1, 0.15) is 5.82 Å². The molecule has 0 spiro atoms. The zero-order valence-electron chi connectivity index (χ0n) is 16.0. The molecule has 1 unspecified atom stereocenters. The normalized spacial score (nSPS) is 18.6. The molecule has 1 aliphatic heterocycles. The first kappa shape index (κ1) is 18.5. The van der Waals surface area contributed by atoms with Crippen molar-refractivity contribution in [2.45, 2.75) is 57.5 Å². The Bertz CT molecular complexity index is 910. The van der Waals surface area contributed by atoms with Gasteiger partial charge in [0.2, 0.25) is 5.91 Å². The van der Waals surface area contributed by atoms with Crippen LogP contribution in [0, 0.1) is 12.7 Å². The number of carbonyl (C=O) groups excluding carboxylic acids is 1. The highest BCUT2D eigenvalue weighted by atomic mass is 19.1. The van der Waals surface area contributed by atoms with Crippen LogP contribution in [0.3, 0.4) is 0 Å². The number of halogens is 1. The highest BCUT2D eigenvalue weighted by Gasteiger charge is 2.29. The van der Waals surface area contributed by atoms with Gasteiger partial charge in [-0.1, -0.05) is 23.4 Å². The molecule has 1 saturated carbocycles. The lowest BCUT2D eigenvalue weighted by atomic mass is 10.0. The summed E-state index contributed by atoms with van der Waals surface area (Å²) in [6.07, 6.45) is 7.53. The predicted octanol–water partition coefficient (Wildman–Crippen LogP) is 3.90. The van der Waals surface area contributed by atoms with Gasteiger partial charge in [-0.2, -0.15) is 5.10 Å². The third kappa shape index (κ3) is 4.18. The largest absolute Gasteiger partial charge is 0.273 e. The van der Waals surface area contributed by atoms with E-state index in [1.165, 1.54) is 30.0 Å². The number of hydrazone groups is 1. The highest BCUT2D eigenvalue weighted by molar-refractivity contribution is 5.80. The van der Waals surface area contributed by atoms with Crippen molar-refractivity contribution in [1.29, 1.82) is 0 Å². The number of aryl methyl sites for hydroxylation is 1. The SMILES string of the molecule is C=C(CCC(=O)N1N=CCC1c1cc(C)cc(F)c1)Cn1cc(C2CC2)nn1. The minimum absolute atomic E-state index is 0.0842. The molecule has 0 N–H and O–H groups in total. The van der Waals surface area contributed by atoms with E-state index >= 15 is 0 Å². The Morgan fingerprint density at radius 1 is 1.29 bits per heavy atom. The predicted molar refractivity (Wildman–Crippen MR) is 104 cm³/mol. The molecule has 6 nitrogen and oxygen atoms in total. The summed E-state index contributed by atoms with van der Waals surface area (Å²) in [6, 6.07) is 4.62. The van der Waals surface area contributed by atoms with Crippen LogP contribution in [0.2, 0.25) is 0 Å². The molecule has 2 aromatic rings. The summed E-state index contributed by atoms with van der Waals surface area (Å²) in [7, 11) is 0. The van der Waals surface area contributed by atoms with Crippen molar-refractivity contribution < 1.29 is 9.18 Å². The van der Waals surface area contributed by atoms with E-state index in [4.69, 9.17) is 0 Å². The highest BCUT2D eigenvalue weighted by Crippen LogP contribution is 2.38. The van der Waals surface area contributed by atoms with E-state index < -0.39 is 0 Å². The smallest absolute Gasteiger partial charge is 0.243 e. The average molecular weight is 381 g/mol. The first-order valence-electron chi connectivity index (χ1n) is 9.68. The van der Waals surface area contributed by atoms with Crippen molar-refractivity contribution in [2.24, 2.45) is 5.10 Å². The lowest BCUT2D eigenvalue weighted by Crippen LogP contribution is -2.27. The van der Waals surface area contributed by atoms with Gasteiger partial charge in [-0.25, -0.2) is 14.1 Å². The van der Waals surface area contributed by atoms with Gasteiger partial charge in [0.05, 0.1) is 18.3 Å². The number of rotatable bonds is 7. The van der Waals surface area contributed by atoms with E-state index in [0.717, 1.165) is 22.4 Å². The molecule has 0 bridgehead atoms. The number of allylic oxidation sites excluding steroid dienone is 1. The molecule has 2 heterocycles. The minimum atomic E-state index is -0.291. The Hall–Kier alpha value is -2.83. The van der Waals surface area contributed by atoms with Gasteiger partial charge in [-0.3, -0.25) is 4.79 Å². The van der Waals surface area contributed by atoms with Crippen molar-refractivity contribution in [1.82, 2.24) is 20.0 Å². The second kappa shape index (κ2) is 7.66. The molecule has 28 heavy (non-hydrogen) atoms. The summed E-state index contributed by atoms with van der Waals surface area (Å²) in [5.74, 6) is 0.195. The molecule has 1 aromatic heterocycles. The number of hydrogen-bond acceptors (Lipinski definition) is 4. The van der Waals surface area contributed by atoms with Crippen LogP contribution in [0.25, 0.3) is 0 Å². The summed E-state index contributed by atoms with van der Waals surface area (Å²) >= 11 is 0. The minimum Gasteiger partial charge on any atom is -0.273 e. The maximum Gasteiger partial charge on any atom is 0.243 e. The zero-order chi connectivity index (χ0) is 19.7. The zero-order valence-corrected chi connectivity index (χ0v) is 16.0.